The molecule has 0 amide bonds. The Kier molecular flexibility index (Phi) is 2.44. The summed E-state index contributed by atoms with van der Waals surface area (Å²) in [6.45, 7) is 1.77. The van der Waals surface area contributed by atoms with E-state index in [1.54, 1.807) is 19.1 Å². The lowest BCUT2D eigenvalue weighted by Gasteiger charge is -2.03. The van der Waals surface area contributed by atoms with E-state index in [0.29, 0.717) is 5.02 Å². The van der Waals surface area contributed by atoms with Crippen molar-refractivity contribution >= 4 is 21.4 Å². The number of aryl methyl sites for hydroxylation is 1. The van der Waals surface area contributed by atoms with E-state index >= 15 is 0 Å². The molecule has 0 aromatic heterocycles. The molecule has 0 aliphatic heterocycles. The summed E-state index contributed by atoms with van der Waals surface area (Å²) >= 11 is 5.80. The first-order chi connectivity index (χ1) is 5.43. The maximum Gasteiger partial charge on any atom is 0.177 e. The van der Waals surface area contributed by atoms with Crippen LogP contribution in [0.2, 0.25) is 5.02 Å². The highest BCUT2D eigenvalue weighted by Gasteiger charge is 2.12. The fraction of sp³-hybridized carbons (Fsp3) is 0.250. The number of benzene rings is 1. The largest absolute Gasteiger partial charge is 0.224 e. The monoisotopic (exact) mass is 204 g/mol. The van der Waals surface area contributed by atoms with Crippen molar-refractivity contribution in [3.63, 3.8) is 0 Å². The maximum atomic E-state index is 11.1. The van der Waals surface area contributed by atoms with Gasteiger partial charge in [-0.1, -0.05) is 23.7 Å². The summed E-state index contributed by atoms with van der Waals surface area (Å²) in [6, 6.07) is 4.96. The Hall–Kier alpha value is -0.540. The van der Waals surface area contributed by atoms with Crippen LogP contribution in [0.1, 0.15) is 5.56 Å². The molecule has 0 radical (unpaired) electrons. The average Bonchev–Trinajstić information content (AvgIpc) is 1.92. The summed E-state index contributed by atoms with van der Waals surface area (Å²) in [5.74, 6) is 0. The number of halogens is 1. The van der Waals surface area contributed by atoms with E-state index in [1.807, 2.05) is 0 Å². The minimum Gasteiger partial charge on any atom is -0.224 e. The predicted octanol–water partition coefficient (Wildman–Crippen LogP) is 2.05. The summed E-state index contributed by atoms with van der Waals surface area (Å²) in [4.78, 5) is 0.198. The van der Waals surface area contributed by atoms with Crippen LogP contribution in [0.3, 0.4) is 0 Å². The van der Waals surface area contributed by atoms with Gasteiger partial charge in [0.25, 0.3) is 0 Å². The Labute approximate surface area is 77.1 Å². The van der Waals surface area contributed by atoms with Crippen molar-refractivity contribution in [1.29, 1.82) is 0 Å². The minimum absolute atomic E-state index is 0.198. The smallest absolute Gasteiger partial charge is 0.177 e. The first kappa shape index (κ1) is 9.55. The van der Waals surface area contributed by atoms with Crippen LogP contribution < -0.4 is 0 Å². The van der Waals surface area contributed by atoms with Gasteiger partial charge in [0.1, 0.15) is 0 Å². The van der Waals surface area contributed by atoms with Gasteiger partial charge in [-0.15, -0.1) is 0 Å². The molecule has 0 saturated heterocycles. The summed E-state index contributed by atoms with van der Waals surface area (Å²) in [7, 11) is -3.19. The molecular weight excluding hydrogens is 196 g/mol. The number of hydrogen-bond acceptors (Lipinski definition) is 2. The normalized spacial score (nSPS) is 11.6. The Morgan fingerprint density at radius 1 is 1.33 bits per heavy atom. The zero-order valence-corrected chi connectivity index (χ0v) is 8.41. The lowest BCUT2D eigenvalue weighted by Crippen LogP contribution is -1.98. The molecule has 2 nitrogen and oxygen atoms in total. The van der Waals surface area contributed by atoms with E-state index < -0.39 is 9.84 Å². The van der Waals surface area contributed by atoms with Crippen molar-refractivity contribution in [2.24, 2.45) is 0 Å². The molecule has 0 heterocycles. The van der Waals surface area contributed by atoms with E-state index in [4.69, 9.17) is 11.6 Å². The van der Waals surface area contributed by atoms with E-state index in [0.717, 1.165) is 11.8 Å². The second-order valence-electron chi connectivity index (χ2n) is 2.66. The van der Waals surface area contributed by atoms with Gasteiger partial charge in [0.05, 0.1) is 9.92 Å². The van der Waals surface area contributed by atoms with E-state index in [2.05, 4.69) is 0 Å². The van der Waals surface area contributed by atoms with Gasteiger partial charge in [0.15, 0.2) is 9.84 Å². The Bertz CT molecular complexity index is 396. The molecule has 12 heavy (non-hydrogen) atoms. The molecule has 0 aliphatic rings. The highest BCUT2D eigenvalue weighted by molar-refractivity contribution is 7.90. The third-order valence-electron chi connectivity index (χ3n) is 1.56. The van der Waals surface area contributed by atoms with Crippen molar-refractivity contribution in [2.45, 2.75) is 11.8 Å². The van der Waals surface area contributed by atoms with Crippen LogP contribution in [0.25, 0.3) is 0 Å². The van der Waals surface area contributed by atoms with Crippen molar-refractivity contribution in [3.05, 3.63) is 28.8 Å². The fourth-order valence-electron chi connectivity index (χ4n) is 0.907. The molecule has 4 heteroatoms. The first-order valence-corrected chi connectivity index (χ1v) is 5.65. The highest BCUT2D eigenvalue weighted by atomic mass is 35.5. The number of hydrogen-bond donors (Lipinski definition) is 0. The lowest BCUT2D eigenvalue weighted by molar-refractivity contribution is 0.602. The molecular formula is C8H9ClO2S. The van der Waals surface area contributed by atoms with E-state index in [-0.39, 0.29) is 4.90 Å². The average molecular weight is 205 g/mol. The van der Waals surface area contributed by atoms with Gasteiger partial charge in [0, 0.05) is 6.26 Å². The van der Waals surface area contributed by atoms with Gasteiger partial charge in [-0.3, -0.25) is 0 Å². The first-order valence-electron chi connectivity index (χ1n) is 3.38. The number of sulfone groups is 1. The molecule has 0 unspecified atom stereocenters. The molecule has 0 N–H and O–H groups in total. The van der Waals surface area contributed by atoms with Gasteiger partial charge >= 0.3 is 0 Å². The number of rotatable bonds is 1. The molecule has 0 atom stereocenters. The van der Waals surface area contributed by atoms with Gasteiger partial charge in [-0.2, -0.15) is 0 Å². The van der Waals surface area contributed by atoms with Crippen LogP contribution in [-0.4, -0.2) is 14.7 Å². The molecule has 0 fully saturated rings. The van der Waals surface area contributed by atoms with Gasteiger partial charge in [-0.05, 0) is 18.6 Å². The van der Waals surface area contributed by atoms with Crippen LogP contribution in [0, 0.1) is 6.92 Å². The Morgan fingerprint density at radius 2 is 1.92 bits per heavy atom. The topological polar surface area (TPSA) is 34.1 Å². The van der Waals surface area contributed by atoms with Gasteiger partial charge in [0.2, 0.25) is 0 Å². The van der Waals surface area contributed by atoms with Gasteiger partial charge in [-0.25, -0.2) is 8.42 Å². The molecule has 1 rings (SSSR count). The highest BCUT2D eigenvalue weighted by Crippen LogP contribution is 2.24. The van der Waals surface area contributed by atoms with Crippen LogP contribution in [-0.2, 0) is 9.84 Å². The van der Waals surface area contributed by atoms with Crippen molar-refractivity contribution < 1.29 is 8.42 Å². The maximum absolute atomic E-state index is 11.1. The molecule has 66 valence electrons. The Balaban J connectivity index is 3.47. The molecule has 1 aromatic carbocycles. The molecule has 0 aliphatic carbocycles. The van der Waals surface area contributed by atoms with Crippen molar-refractivity contribution in [2.75, 3.05) is 6.26 Å². The SMILES string of the molecule is Cc1cccc(S(C)(=O)=O)c1Cl. The van der Waals surface area contributed by atoms with E-state index in [9.17, 15) is 8.42 Å². The van der Waals surface area contributed by atoms with Crippen LogP contribution in [0.15, 0.2) is 23.1 Å². The summed E-state index contributed by atoms with van der Waals surface area (Å²) in [5, 5.41) is 0.319. The van der Waals surface area contributed by atoms with Crippen molar-refractivity contribution in [1.82, 2.24) is 0 Å². The second-order valence-corrected chi connectivity index (χ2v) is 5.02. The summed E-state index contributed by atoms with van der Waals surface area (Å²) < 4.78 is 22.2. The summed E-state index contributed by atoms with van der Waals surface area (Å²) in [5.41, 5.74) is 0.777. The van der Waals surface area contributed by atoms with Crippen LogP contribution >= 0.6 is 11.6 Å². The quantitative estimate of drug-likeness (QED) is 0.702. The zero-order valence-electron chi connectivity index (χ0n) is 6.83. The Morgan fingerprint density at radius 3 is 2.33 bits per heavy atom. The summed E-state index contributed by atoms with van der Waals surface area (Å²) in [6.07, 6.45) is 1.15. The molecule has 1 aromatic rings. The molecule has 0 spiro atoms. The lowest BCUT2D eigenvalue weighted by atomic mass is 10.2. The van der Waals surface area contributed by atoms with E-state index in [1.165, 1.54) is 6.07 Å². The zero-order chi connectivity index (χ0) is 9.35. The fourth-order valence-corrected chi connectivity index (χ4v) is 2.27. The predicted molar refractivity (Wildman–Crippen MR) is 49.3 cm³/mol. The second kappa shape index (κ2) is 3.07. The standard InChI is InChI=1S/C8H9ClO2S/c1-6-4-3-5-7(8(6)9)12(2,10)11/h3-5H,1-2H3. The van der Waals surface area contributed by atoms with Crippen LogP contribution in [0.5, 0.6) is 0 Å². The van der Waals surface area contributed by atoms with Crippen molar-refractivity contribution in [3.8, 4) is 0 Å². The molecule has 0 bridgehead atoms. The third kappa shape index (κ3) is 1.79. The third-order valence-corrected chi connectivity index (χ3v) is 3.31. The molecule has 0 saturated carbocycles. The van der Waals surface area contributed by atoms with Gasteiger partial charge < -0.3 is 0 Å². The van der Waals surface area contributed by atoms with Crippen LogP contribution in [0.4, 0.5) is 0 Å². The minimum atomic E-state index is -3.19.